The summed E-state index contributed by atoms with van der Waals surface area (Å²) in [7, 11) is 0. The largest absolute Gasteiger partial charge is 0.481 e. The van der Waals surface area contributed by atoms with Gasteiger partial charge in [-0.3, -0.25) is 9.59 Å². The van der Waals surface area contributed by atoms with Gasteiger partial charge in [0.05, 0.1) is 13.2 Å². The molecule has 0 aromatic heterocycles. The van der Waals surface area contributed by atoms with Crippen LogP contribution in [0, 0.1) is 0 Å². The lowest BCUT2D eigenvalue weighted by molar-refractivity contribution is -0.136. The Hall–Kier alpha value is -3.39. The van der Waals surface area contributed by atoms with Gasteiger partial charge in [-0.05, 0) is 48.4 Å². The zero-order valence-corrected chi connectivity index (χ0v) is 15.9. The fraction of sp³-hybridized carbons (Fsp3) is 0.286. The van der Waals surface area contributed by atoms with Crippen molar-refractivity contribution in [3.05, 3.63) is 59.7 Å². The Bertz CT molecular complexity index is 876. The molecule has 2 aromatic rings. The molecule has 0 unspecified atom stereocenters. The van der Waals surface area contributed by atoms with Crippen molar-refractivity contribution in [2.75, 3.05) is 36.9 Å². The molecule has 1 saturated heterocycles. The number of aliphatic carboxylic acids is 1. The molecule has 2 aromatic carbocycles. The van der Waals surface area contributed by atoms with E-state index in [2.05, 4.69) is 10.6 Å². The average Bonchev–Trinajstić information content (AvgIpc) is 2.73. The zero-order chi connectivity index (χ0) is 20.6. The molecule has 0 bridgehead atoms. The Morgan fingerprint density at radius 2 is 1.66 bits per heavy atom. The third-order valence-electron chi connectivity index (χ3n) is 4.50. The predicted octanol–water partition coefficient (Wildman–Crippen LogP) is 2.82. The van der Waals surface area contributed by atoms with Gasteiger partial charge in [-0.25, -0.2) is 4.79 Å². The number of urea groups is 1. The van der Waals surface area contributed by atoms with Crippen molar-refractivity contribution in [1.29, 1.82) is 0 Å². The summed E-state index contributed by atoms with van der Waals surface area (Å²) in [6, 6.07) is 13.3. The van der Waals surface area contributed by atoms with Gasteiger partial charge in [0.15, 0.2) is 0 Å². The quantitative estimate of drug-likeness (QED) is 0.695. The molecule has 3 amide bonds. The SMILES string of the molecule is O=C(O)CCc1cccc(NC(=O)Nc2ccc(C(=O)N3CCOCC3)cc2)c1. The molecule has 0 atom stereocenters. The van der Waals surface area contributed by atoms with E-state index in [-0.39, 0.29) is 12.3 Å². The van der Waals surface area contributed by atoms with Gasteiger partial charge in [0.1, 0.15) is 0 Å². The molecule has 8 nitrogen and oxygen atoms in total. The Morgan fingerprint density at radius 3 is 2.34 bits per heavy atom. The van der Waals surface area contributed by atoms with Gasteiger partial charge < -0.3 is 25.4 Å². The lowest BCUT2D eigenvalue weighted by atomic mass is 10.1. The van der Waals surface area contributed by atoms with E-state index in [1.165, 1.54) is 0 Å². The molecule has 3 N–H and O–H groups in total. The number of amides is 3. The summed E-state index contributed by atoms with van der Waals surface area (Å²) in [6.45, 7) is 2.24. The van der Waals surface area contributed by atoms with Crippen LogP contribution in [0.25, 0.3) is 0 Å². The van der Waals surface area contributed by atoms with E-state index < -0.39 is 12.0 Å². The van der Waals surface area contributed by atoms with Gasteiger partial charge >= 0.3 is 12.0 Å². The maximum atomic E-state index is 12.4. The molecule has 1 heterocycles. The van der Waals surface area contributed by atoms with Crippen molar-refractivity contribution < 1.29 is 24.2 Å². The molecular weight excluding hydrogens is 374 g/mol. The van der Waals surface area contributed by atoms with Crippen LogP contribution in [0.1, 0.15) is 22.3 Å². The number of anilines is 2. The van der Waals surface area contributed by atoms with Crippen molar-refractivity contribution in [2.45, 2.75) is 12.8 Å². The number of morpholine rings is 1. The highest BCUT2D eigenvalue weighted by Gasteiger charge is 2.18. The smallest absolute Gasteiger partial charge is 0.323 e. The van der Waals surface area contributed by atoms with Crippen LogP contribution in [0.5, 0.6) is 0 Å². The van der Waals surface area contributed by atoms with E-state index in [9.17, 15) is 14.4 Å². The number of hydrogen-bond donors (Lipinski definition) is 3. The maximum absolute atomic E-state index is 12.4. The maximum Gasteiger partial charge on any atom is 0.323 e. The number of carboxylic acid groups (broad SMARTS) is 1. The Labute approximate surface area is 168 Å². The minimum absolute atomic E-state index is 0.0329. The molecule has 0 radical (unpaired) electrons. The first kappa shape index (κ1) is 20.3. The Kier molecular flexibility index (Phi) is 6.80. The van der Waals surface area contributed by atoms with Gasteiger partial charge in [-0.15, -0.1) is 0 Å². The highest BCUT2D eigenvalue weighted by atomic mass is 16.5. The number of aryl methyl sites for hydroxylation is 1. The minimum Gasteiger partial charge on any atom is -0.481 e. The topological polar surface area (TPSA) is 108 Å². The minimum atomic E-state index is -0.864. The zero-order valence-electron chi connectivity index (χ0n) is 15.9. The summed E-state index contributed by atoms with van der Waals surface area (Å²) in [5.74, 6) is -0.917. The van der Waals surface area contributed by atoms with Crippen LogP contribution in [0.4, 0.5) is 16.2 Å². The number of carbonyl (C=O) groups excluding carboxylic acids is 2. The molecule has 3 rings (SSSR count). The summed E-state index contributed by atoms with van der Waals surface area (Å²) in [5, 5.41) is 14.2. The number of nitrogens with zero attached hydrogens (tertiary/aromatic N) is 1. The van der Waals surface area contributed by atoms with E-state index in [1.807, 2.05) is 6.07 Å². The second-order valence-electron chi connectivity index (χ2n) is 6.66. The highest BCUT2D eigenvalue weighted by molar-refractivity contribution is 6.00. The number of carboxylic acids is 1. The number of rotatable bonds is 6. The third kappa shape index (κ3) is 6.05. The molecule has 8 heteroatoms. The number of hydrogen-bond acceptors (Lipinski definition) is 4. The summed E-state index contributed by atoms with van der Waals surface area (Å²) in [6.07, 6.45) is 0.427. The van der Waals surface area contributed by atoms with Crippen LogP contribution >= 0.6 is 0 Å². The molecular formula is C21H23N3O5. The normalized spacial score (nSPS) is 13.6. The van der Waals surface area contributed by atoms with E-state index in [0.29, 0.717) is 49.7 Å². The Balaban J connectivity index is 1.54. The van der Waals surface area contributed by atoms with Crippen LogP contribution in [-0.4, -0.2) is 54.2 Å². The lowest BCUT2D eigenvalue weighted by Crippen LogP contribution is -2.40. The van der Waals surface area contributed by atoms with Gasteiger partial charge in [-0.1, -0.05) is 12.1 Å². The first-order valence-electron chi connectivity index (χ1n) is 9.37. The first-order valence-corrected chi connectivity index (χ1v) is 9.37. The molecule has 1 aliphatic rings. The summed E-state index contributed by atoms with van der Waals surface area (Å²) < 4.78 is 5.25. The Morgan fingerprint density at radius 1 is 0.966 bits per heavy atom. The second-order valence-corrected chi connectivity index (χ2v) is 6.66. The van der Waals surface area contributed by atoms with Crippen LogP contribution in [0.3, 0.4) is 0 Å². The first-order chi connectivity index (χ1) is 14.0. The van der Waals surface area contributed by atoms with E-state index in [0.717, 1.165) is 5.56 Å². The number of ether oxygens (including phenoxy) is 1. The molecule has 0 aliphatic carbocycles. The monoisotopic (exact) mass is 397 g/mol. The molecule has 1 fully saturated rings. The van der Waals surface area contributed by atoms with Gasteiger partial charge in [0.25, 0.3) is 5.91 Å². The van der Waals surface area contributed by atoms with Crippen molar-refractivity contribution in [3.63, 3.8) is 0 Å². The molecule has 0 saturated carbocycles. The number of carbonyl (C=O) groups is 3. The van der Waals surface area contributed by atoms with Crippen LogP contribution in [0.2, 0.25) is 0 Å². The standard InChI is InChI=1S/C21H23N3O5/c25-19(26)9-4-15-2-1-3-18(14-15)23-21(28)22-17-7-5-16(6-8-17)20(27)24-10-12-29-13-11-24/h1-3,5-8,14H,4,9-13H2,(H,25,26)(H2,22,23,28). The van der Waals surface area contributed by atoms with Gasteiger partial charge in [-0.2, -0.15) is 0 Å². The van der Waals surface area contributed by atoms with Crippen molar-refractivity contribution in [2.24, 2.45) is 0 Å². The summed E-state index contributed by atoms with van der Waals surface area (Å²) in [4.78, 5) is 37.1. The fourth-order valence-electron chi connectivity index (χ4n) is 2.99. The summed E-state index contributed by atoms with van der Waals surface area (Å²) in [5.41, 5.74) is 2.52. The van der Waals surface area contributed by atoms with Crippen molar-refractivity contribution >= 4 is 29.3 Å². The second kappa shape index (κ2) is 9.70. The lowest BCUT2D eigenvalue weighted by Gasteiger charge is -2.26. The highest BCUT2D eigenvalue weighted by Crippen LogP contribution is 2.15. The average molecular weight is 397 g/mol. The van der Waals surface area contributed by atoms with Crippen LogP contribution in [0.15, 0.2) is 48.5 Å². The van der Waals surface area contributed by atoms with Crippen molar-refractivity contribution in [3.8, 4) is 0 Å². The molecule has 0 spiro atoms. The fourth-order valence-corrected chi connectivity index (χ4v) is 2.99. The van der Waals surface area contributed by atoms with E-state index in [4.69, 9.17) is 9.84 Å². The van der Waals surface area contributed by atoms with Crippen LogP contribution in [-0.2, 0) is 16.0 Å². The third-order valence-corrected chi connectivity index (χ3v) is 4.50. The van der Waals surface area contributed by atoms with Crippen LogP contribution < -0.4 is 10.6 Å². The molecule has 29 heavy (non-hydrogen) atoms. The van der Waals surface area contributed by atoms with Gasteiger partial charge in [0, 0.05) is 36.4 Å². The van der Waals surface area contributed by atoms with Crippen molar-refractivity contribution in [1.82, 2.24) is 4.90 Å². The summed E-state index contributed by atoms with van der Waals surface area (Å²) >= 11 is 0. The van der Waals surface area contributed by atoms with E-state index in [1.54, 1.807) is 47.4 Å². The van der Waals surface area contributed by atoms with E-state index >= 15 is 0 Å². The molecule has 1 aliphatic heterocycles. The number of benzene rings is 2. The molecule has 152 valence electrons. The van der Waals surface area contributed by atoms with Gasteiger partial charge in [0.2, 0.25) is 0 Å². The predicted molar refractivity (Wildman–Crippen MR) is 108 cm³/mol. The number of nitrogens with one attached hydrogen (secondary N) is 2.